The number of carbonyl (C=O) groups excluding carboxylic acids is 1. The zero-order valence-corrected chi connectivity index (χ0v) is 13.4. The third kappa shape index (κ3) is 3.12. The lowest BCUT2D eigenvalue weighted by Gasteiger charge is -2.11. The highest BCUT2D eigenvalue weighted by Gasteiger charge is 2.15. The monoisotopic (exact) mass is 361 g/mol. The van der Waals surface area contributed by atoms with Crippen molar-refractivity contribution in [2.24, 2.45) is 0 Å². The predicted molar refractivity (Wildman–Crippen MR) is 80.2 cm³/mol. The zero-order chi connectivity index (χ0) is 14.9. The van der Waals surface area contributed by atoms with Gasteiger partial charge in [0.25, 0.3) is 0 Å². The second-order valence-corrected chi connectivity index (χ2v) is 5.85. The van der Waals surface area contributed by atoms with Gasteiger partial charge in [-0.05, 0) is 35.8 Å². The Morgan fingerprint density at radius 2 is 2.25 bits per heavy atom. The second kappa shape index (κ2) is 6.10. The molecule has 0 spiro atoms. The Bertz CT molecular complexity index is 657. The molecule has 0 aliphatic rings. The number of nitrogens with zero attached hydrogens (tertiary/aromatic N) is 2. The molecule has 0 bridgehead atoms. The lowest BCUT2D eigenvalue weighted by molar-refractivity contribution is -0.122. The van der Waals surface area contributed by atoms with E-state index in [0.29, 0.717) is 21.3 Å². The molecule has 0 saturated carbocycles. The van der Waals surface area contributed by atoms with E-state index in [2.05, 4.69) is 26.2 Å². The van der Waals surface area contributed by atoms with Crippen LogP contribution in [0.4, 0.5) is 4.39 Å². The first-order chi connectivity index (χ1) is 9.42. The molecule has 0 saturated heterocycles. The van der Waals surface area contributed by atoms with Gasteiger partial charge >= 0.3 is 0 Å². The van der Waals surface area contributed by atoms with Crippen molar-refractivity contribution in [3.8, 4) is 0 Å². The highest BCUT2D eigenvalue weighted by Crippen LogP contribution is 2.24. The van der Waals surface area contributed by atoms with Gasteiger partial charge in [-0.15, -0.1) is 11.6 Å². The normalized spacial score (nSPS) is 11.3. The van der Waals surface area contributed by atoms with Crippen LogP contribution < -0.4 is 5.32 Å². The fourth-order valence-corrected chi connectivity index (χ4v) is 2.50. The summed E-state index contributed by atoms with van der Waals surface area (Å²) in [5.74, 6) is 0.138. The molecule has 0 radical (unpaired) electrons. The molecule has 0 aliphatic heterocycles. The predicted octanol–water partition coefficient (Wildman–Crippen LogP) is 3.20. The van der Waals surface area contributed by atoms with Crippen LogP contribution in [0, 0.1) is 5.82 Å². The third-order valence-electron chi connectivity index (χ3n) is 2.74. The summed E-state index contributed by atoms with van der Waals surface area (Å²) in [5.41, 5.74) is 1.16. The SMILES string of the molecule is CC(C)NC(=O)Cn1c(CCl)nc2cc(Br)c(F)cc21. The van der Waals surface area contributed by atoms with Gasteiger partial charge in [-0.3, -0.25) is 4.79 Å². The van der Waals surface area contributed by atoms with Crippen molar-refractivity contribution in [1.82, 2.24) is 14.9 Å². The highest BCUT2D eigenvalue weighted by molar-refractivity contribution is 9.10. The molecular weight excluding hydrogens is 349 g/mol. The van der Waals surface area contributed by atoms with Crippen LogP contribution in [0.3, 0.4) is 0 Å². The van der Waals surface area contributed by atoms with Crippen LogP contribution in [-0.4, -0.2) is 21.5 Å². The highest BCUT2D eigenvalue weighted by atomic mass is 79.9. The van der Waals surface area contributed by atoms with Crippen LogP contribution in [0.25, 0.3) is 11.0 Å². The number of alkyl halides is 1. The van der Waals surface area contributed by atoms with Gasteiger partial charge in [0, 0.05) is 12.1 Å². The van der Waals surface area contributed by atoms with Crippen LogP contribution in [0.5, 0.6) is 0 Å². The van der Waals surface area contributed by atoms with E-state index in [0.717, 1.165) is 0 Å². The lowest BCUT2D eigenvalue weighted by atomic mass is 10.3. The number of carbonyl (C=O) groups is 1. The Kier molecular flexibility index (Phi) is 4.65. The molecule has 0 fully saturated rings. The van der Waals surface area contributed by atoms with Crippen molar-refractivity contribution in [3.63, 3.8) is 0 Å². The maximum Gasteiger partial charge on any atom is 0.240 e. The van der Waals surface area contributed by atoms with E-state index in [9.17, 15) is 9.18 Å². The molecular formula is C13H14BrClFN3O. The number of hydrogen-bond donors (Lipinski definition) is 1. The van der Waals surface area contributed by atoms with Gasteiger partial charge in [0.15, 0.2) is 0 Å². The smallest absolute Gasteiger partial charge is 0.240 e. The van der Waals surface area contributed by atoms with E-state index < -0.39 is 5.82 Å². The van der Waals surface area contributed by atoms with E-state index in [1.807, 2.05) is 13.8 Å². The maximum absolute atomic E-state index is 13.7. The molecule has 4 nitrogen and oxygen atoms in total. The molecule has 1 aromatic carbocycles. The maximum atomic E-state index is 13.7. The molecule has 2 rings (SSSR count). The van der Waals surface area contributed by atoms with Crippen molar-refractivity contribution >= 4 is 44.5 Å². The van der Waals surface area contributed by atoms with Crippen molar-refractivity contribution in [1.29, 1.82) is 0 Å². The summed E-state index contributed by atoms with van der Waals surface area (Å²) in [6.45, 7) is 3.82. The summed E-state index contributed by atoms with van der Waals surface area (Å²) in [6, 6.07) is 2.98. The van der Waals surface area contributed by atoms with E-state index in [1.54, 1.807) is 10.6 Å². The Morgan fingerprint density at radius 3 is 2.85 bits per heavy atom. The lowest BCUT2D eigenvalue weighted by Crippen LogP contribution is -2.33. The summed E-state index contributed by atoms with van der Waals surface area (Å²) >= 11 is 8.97. The van der Waals surface area contributed by atoms with Gasteiger partial charge in [0.05, 0.1) is 21.4 Å². The number of fused-ring (bicyclic) bond motifs is 1. The Hall–Kier alpha value is -1.14. The van der Waals surface area contributed by atoms with Crippen LogP contribution in [0.2, 0.25) is 0 Å². The minimum atomic E-state index is -0.399. The number of halogens is 3. The number of benzene rings is 1. The average molecular weight is 363 g/mol. The fourth-order valence-electron chi connectivity index (χ4n) is 1.96. The van der Waals surface area contributed by atoms with Gasteiger partial charge in [-0.25, -0.2) is 9.37 Å². The molecule has 20 heavy (non-hydrogen) atoms. The molecule has 7 heteroatoms. The standard InChI is InChI=1S/C13H14BrClFN3O/c1-7(2)17-13(20)6-19-11-4-9(16)8(14)3-10(11)18-12(19)5-15/h3-4,7H,5-6H2,1-2H3,(H,17,20). The number of hydrogen-bond acceptors (Lipinski definition) is 2. The van der Waals surface area contributed by atoms with Crippen LogP contribution in [0.1, 0.15) is 19.7 Å². The van der Waals surface area contributed by atoms with Crippen molar-refractivity contribution in [2.45, 2.75) is 32.3 Å². The summed E-state index contributed by atoms with van der Waals surface area (Å²) in [4.78, 5) is 16.2. The minimum Gasteiger partial charge on any atom is -0.352 e. The summed E-state index contributed by atoms with van der Waals surface area (Å²) in [6.07, 6.45) is 0. The summed E-state index contributed by atoms with van der Waals surface area (Å²) in [7, 11) is 0. The number of imidazole rings is 1. The van der Waals surface area contributed by atoms with Gasteiger partial charge in [-0.1, -0.05) is 0 Å². The molecule has 2 aromatic rings. The largest absolute Gasteiger partial charge is 0.352 e. The molecule has 1 heterocycles. The van der Waals surface area contributed by atoms with Crippen LogP contribution in [0.15, 0.2) is 16.6 Å². The molecule has 1 amide bonds. The molecule has 0 aliphatic carbocycles. The van der Waals surface area contributed by atoms with Crippen LogP contribution in [-0.2, 0) is 17.2 Å². The van der Waals surface area contributed by atoms with E-state index in [4.69, 9.17) is 11.6 Å². The van der Waals surface area contributed by atoms with Gasteiger partial charge < -0.3 is 9.88 Å². The van der Waals surface area contributed by atoms with Gasteiger partial charge in [-0.2, -0.15) is 0 Å². The Balaban J connectivity index is 2.45. The van der Waals surface area contributed by atoms with Crippen molar-refractivity contribution in [3.05, 3.63) is 28.2 Å². The van der Waals surface area contributed by atoms with Gasteiger partial charge in [0.1, 0.15) is 18.2 Å². The fraction of sp³-hybridized carbons (Fsp3) is 0.385. The second-order valence-electron chi connectivity index (χ2n) is 4.73. The summed E-state index contributed by atoms with van der Waals surface area (Å²) < 4.78 is 15.6. The first kappa shape index (κ1) is 15.3. The number of aromatic nitrogens is 2. The quantitative estimate of drug-likeness (QED) is 0.849. The molecule has 1 aromatic heterocycles. The van der Waals surface area contributed by atoms with E-state index in [-0.39, 0.29) is 24.4 Å². The first-order valence-electron chi connectivity index (χ1n) is 6.12. The van der Waals surface area contributed by atoms with E-state index in [1.165, 1.54) is 6.07 Å². The summed E-state index contributed by atoms with van der Waals surface area (Å²) in [5, 5.41) is 2.79. The Labute approximate surface area is 129 Å². The molecule has 108 valence electrons. The van der Waals surface area contributed by atoms with Crippen molar-refractivity contribution in [2.75, 3.05) is 0 Å². The minimum absolute atomic E-state index is 0.0441. The number of rotatable bonds is 4. The Morgan fingerprint density at radius 1 is 1.55 bits per heavy atom. The molecule has 1 N–H and O–H groups in total. The molecule has 0 unspecified atom stereocenters. The zero-order valence-electron chi connectivity index (χ0n) is 11.1. The number of amides is 1. The number of nitrogens with one attached hydrogen (secondary N) is 1. The van der Waals surface area contributed by atoms with Gasteiger partial charge in [0.2, 0.25) is 5.91 Å². The third-order valence-corrected chi connectivity index (χ3v) is 3.59. The van der Waals surface area contributed by atoms with E-state index >= 15 is 0 Å². The van der Waals surface area contributed by atoms with Crippen LogP contribution >= 0.6 is 27.5 Å². The van der Waals surface area contributed by atoms with Crippen molar-refractivity contribution < 1.29 is 9.18 Å². The first-order valence-corrected chi connectivity index (χ1v) is 7.44. The molecule has 0 atom stereocenters. The average Bonchev–Trinajstić information content (AvgIpc) is 2.67. The topological polar surface area (TPSA) is 46.9 Å².